The first-order valence-corrected chi connectivity index (χ1v) is 5.65. The van der Waals surface area contributed by atoms with E-state index in [-0.39, 0.29) is 5.41 Å². The summed E-state index contributed by atoms with van der Waals surface area (Å²) in [6.45, 7) is 1.01. The molecule has 15 heavy (non-hydrogen) atoms. The van der Waals surface area contributed by atoms with Gasteiger partial charge in [-0.15, -0.1) is 0 Å². The van der Waals surface area contributed by atoms with Crippen LogP contribution in [0.1, 0.15) is 31.2 Å². The van der Waals surface area contributed by atoms with Crippen molar-refractivity contribution in [2.75, 3.05) is 11.9 Å². The number of para-hydroxylation sites is 1. The monoisotopic (exact) mass is 201 g/mol. The summed E-state index contributed by atoms with van der Waals surface area (Å²) in [5.74, 6) is 0.435. The molecule has 0 radical (unpaired) electrons. The molecule has 1 heterocycles. The number of carbonyl (C=O) groups excluding carboxylic acids is 1. The molecule has 0 atom stereocenters. The molecule has 78 valence electrons. The minimum atomic E-state index is 0.254. The summed E-state index contributed by atoms with van der Waals surface area (Å²) < 4.78 is 0. The summed E-state index contributed by atoms with van der Waals surface area (Å²) in [6, 6.07) is 8.52. The molecule has 0 bridgehead atoms. The van der Waals surface area contributed by atoms with Crippen LogP contribution in [0, 0.1) is 0 Å². The summed E-state index contributed by atoms with van der Waals surface area (Å²) >= 11 is 0. The Labute approximate surface area is 89.7 Å². The summed E-state index contributed by atoms with van der Waals surface area (Å²) in [7, 11) is 0. The van der Waals surface area contributed by atoms with E-state index in [0.717, 1.165) is 32.2 Å². The van der Waals surface area contributed by atoms with E-state index in [1.165, 1.54) is 11.3 Å². The number of anilines is 1. The molecule has 0 amide bonds. The third kappa shape index (κ3) is 1.28. The Kier molecular flexibility index (Phi) is 1.84. The maximum absolute atomic E-state index is 11.3. The van der Waals surface area contributed by atoms with Gasteiger partial charge in [0.2, 0.25) is 0 Å². The number of fused-ring (bicyclic) bond motifs is 2. The van der Waals surface area contributed by atoms with Gasteiger partial charge in [-0.25, -0.2) is 0 Å². The molecule has 1 aliphatic carbocycles. The molecule has 3 rings (SSSR count). The van der Waals surface area contributed by atoms with E-state index in [0.29, 0.717) is 5.78 Å². The highest BCUT2D eigenvalue weighted by atomic mass is 16.1. The zero-order valence-electron chi connectivity index (χ0n) is 8.75. The third-order valence-corrected chi connectivity index (χ3v) is 3.88. The molecule has 2 heteroatoms. The van der Waals surface area contributed by atoms with Gasteiger partial charge in [0.15, 0.2) is 0 Å². The fraction of sp³-hybridized carbons (Fsp3) is 0.462. The third-order valence-electron chi connectivity index (χ3n) is 3.88. The number of ketones is 1. The Hall–Kier alpha value is -1.31. The number of hydrogen-bond donors (Lipinski definition) is 1. The van der Waals surface area contributed by atoms with Crippen LogP contribution >= 0.6 is 0 Å². The van der Waals surface area contributed by atoms with Gasteiger partial charge in [-0.3, -0.25) is 4.79 Å². The first kappa shape index (κ1) is 8.96. The molecule has 2 nitrogen and oxygen atoms in total. The predicted octanol–water partition coefficient (Wildman–Crippen LogP) is 2.49. The van der Waals surface area contributed by atoms with Crippen LogP contribution in [0.5, 0.6) is 0 Å². The minimum absolute atomic E-state index is 0.254. The average Bonchev–Trinajstić information content (AvgIpc) is 2.63. The second kappa shape index (κ2) is 3.09. The molecule has 0 aromatic heterocycles. The highest BCUT2D eigenvalue weighted by molar-refractivity contribution is 5.80. The van der Waals surface area contributed by atoms with Gasteiger partial charge in [-0.2, -0.15) is 0 Å². The van der Waals surface area contributed by atoms with E-state index in [4.69, 9.17) is 0 Å². The van der Waals surface area contributed by atoms with Crippen LogP contribution in [0.4, 0.5) is 5.69 Å². The van der Waals surface area contributed by atoms with Crippen molar-refractivity contribution in [3.63, 3.8) is 0 Å². The first-order valence-electron chi connectivity index (χ1n) is 5.65. The van der Waals surface area contributed by atoms with E-state index in [1.807, 2.05) is 0 Å². The molecule has 2 aliphatic rings. The number of carbonyl (C=O) groups is 1. The molecular weight excluding hydrogens is 186 g/mol. The van der Waals surface area contributed by atoms with Crippen LogP contribution in [-0.4, -0.2) is 12.3 Å². The van der Waals surface area contributed by atoms with Crippen LogP contribution in [0.2, 0.25) is 0 Å². The van der Waals surface area contributed by atoms with Crippen molar-refractivity contribution >= 4 is 11.5 Å². The normalized spacial score (nSPS) is 22.5. The lowest BCUT2D eigenvalue weighted by molar-refractivity contribution is -0.121. The molecule has 1 aromatic rings. The molecule has 1 aromatic carbocycles. The Balaban J connectivity index is 1.98. The Morgan fingerprint density at radius 1 is 1.13 bits per heavy atom. The predicted molar refractivity (Wildman–Crippen MR) is 60.1 cm³/mol. The van der Waals surface area contributed by atoms with Gasteiger partial charge in [-0.05, 0) is 24.5 Å². The zero-order chi connectivity index (χ0) is 10.3. The van der Waals surface area contributed by atoms with Gasteiger partial charge in [0.25, 0.3) is 0 Å². The van der Waals surface area contributed by atoms with Crippen molar-refractivity contribution in [1.82, 2.24) is 0 Å². The Morgan fingerprint density at radius 3 is 2.67 bits per heavy atom. The fourth-order valence-electron chi connectivity index (χ4n) is 2.91. The van der Waals surface area contributed by atoms with Gasteiger partial charge < -0.3 is 5.32 Å². The summed E-state index contributed by atoms with van der Waals surface area (Å²) in [6.07, 6.45) is 3.57. The SMILES string of the molecule is O=C1CCC2(CC1)CNc1ccccc12. The highest BCUT2D eigenvalue weighted by Gasteiger charge is 2.40. The van der Waals surface area contributed by atoms with E-state index >= 15 is 0 Å². The lowest BCUT2D eigenvalue weighted by Gasteiger charge is -2.32. The van der Waals surface area contributed by atoms with Gasteiger partial charge in [-0.1, -0.05) is 18.2 Å². The van der Waals surface area contributed by atoms with Crippen molar-refractivity contribution in [3.05, 3.63) is 29.8 Å². The van der Waals surface area contributed by atoms with Gasteiger partial charge in [0.1, 0.15) is 5.78 Å². The minimum Gasteiger partial charge on any atom is -0.384 e. The standard InChI is InChI=1S/C13H15NO/c15-10-5-7-13(8-6-10)9-14-12-4-2-1-3-11(12)13/h1-4,14H,5-9H2. The van der Waals surface area contributed by atoms with Crippen molar-refractivity contribution in [3.8, 4) is 0 Å². The quantitative estimate of drug-likeness (QED) is 0.698. The molecule has 1 N–H and O–H groups in total. The molecule has 0 unspecified atom stereocenters. The number of rotatable bonds is 0. The van der Waals surface area contributed by atoms with Crippen molar-refractivity contribution in [2.45, 2.75) is 31.1 Å². The summed E-state index contributed by atoms with van der Waals surface area (Å²) in [5.41, 5.74) is 2.95. The van der Waals surface area contributed by atoms with Gasteiger partial charge in [0, 0.05) is 30.5 Å². The fourth-order valence-corrected chi connectivity index (χ4v) is 2.91. The second-order valence-electron chi connectivity index (χ2n) is 4.72. The molecule has 1 saturated carbocycles. The smallest absolute Gasteiger partial charge is 0.132 e. The highest BCUT2D eigenvalue weighted by Crippen LogP contribution is 2.45. The van der Waals surface area contributed by atoms with Crippen molar-refractivity contribution in [2.24, 2.45) is 0 Å². The molecule has 0 saturated heterocycles. The van der Waals surface area contributed by atoms with E-state index in [1.54, 1.807) is 0 Å². The van der Waals surface area contributed by atoms with Crippen LogP contribution in [-0.2, 0) is 10.2 Å². The Bertz CT molecular complexity index is 401. The van der Waals surface area contributed by atoms with Gasteiger partial charge >= 0.3 is 0 Å². The number of hydrogen-bond acceptors (Lipinski definition) is 2. The van der Waals surface area contributed by atoms with E-state index in [2.05, 4.69) is 29.6 Å². The van der Waals surface area contributed by atoms with Crippen molar-refractivity contribution < 1.29 is 4.79 Å². The van der Waals surface area contributed by atoms with E-state index < -0.39 is 0 Å². The average molecular weight is 201 g/mol. The van der Waals surface area contributed by atoms with Crippen LogP contribution < -0.4 is 5.32 Å². The zero-order valence-corrected chi connectivity index (χ0v) is 8.75. The maximum atomic E-state index is 11.3. The molecule has 1 fully saturated rings. The van der Waals surface area contributed by atoms with Crippen LogP contribution in [0.25, 0.3) is 0 Å². The molecule has 1 spiro atoms. The van der Waals surface area contributed by atoms with Gasteiger partial charge in [0.05, 0.1) is 0 Å². The van der Waals surface area contributed by atoms with Crippen LogP contribution in [0.15, 0.2) is 24.3 Å². The maximum Gasteiger partial charge on any atom is 0.132 e. The second-order valence-corrected chi connectivity index (χ2v) is 4.72. The first-order chi connectivity index (χ1) is 7.30. The Morgan fingerprint density at radius 2 is 1.87 bits per heavy atom. The summed E-state index contributed by atoms with van der Waals surface area (Å²) in [4.78, 5) is 11.3. The topological polar surface area (TPSA) is 29.1 Å². The summed E-state index contributed by atoms with van der Waals surface area (Å²) in [5, 5.41) is 3.46. The molecule has 1 aliphatic heterocycles. The lowest BCUT2D eigenvalue weighted by Crippen LogP contribution is -2.33. The van der Waals surface area contributed by atoms with E-state index in [9.17, 15) is 4.79 Å². The number of benzene rings is 1. The lowest BCUT2D eigenvalue weighted by atomic mass is 9.70. The largest absolute Gasteiger partial charge is 0.384 e. The number of nitrogens with one attached hydrogen (secondary N) is 1. The molecular formula is C13H15NO. The van der Waals surface area contributed by atoms with Crippen LogP contribution in [0.3, 0.4) is 0 Å². The number of Topliss-reactive ketones (excluding diaryl/α,β-unsaturated/α-hetero) is 1. The van der Waals surface area contributed by atoms with Crippen molar-refractivity contribution in [1.29, 1.82) is 0 Å².